The van der Waals surface area contributed by atoms with E-state index in [-0.39, 0.29) is 6.23 Å². The highest BCUT2D eigenvalue weighted by atomic mass is 16.5. The van der Waals surface area contributed by atoms with E-state index >= 15 is 0 Å². The van der Waals surface area contributed by atoms with Crippen LogP contribution in [0.3, 0.4) is 0 Å². The molecule has 1 aromatic carbocycles. The number of primary amides is 1. The summed E-state index contributed by atoms with van der Waals surface area (Å²) in [7, 11) is 0. The fraction of sp³-hybridized carbons (Fsp3) is 0.462. The van der Waals surface area contributed by atoms with Gasteiger partial charge in [0.15, 0.2) is 0 Å². The molecule has 0 aliphatic rings. The largest absolute Gasteiger partial charge is 0.358 e. The molecule has 1 aromatic rings. The van der Waals surface area contributed by atoms with E-state index in [1.165, 1.54) is 4.90 Å². The Bertz CT molecular complexity index is 352. The average molecular weight is 236 g/mol. The predicted molar refractivity (Wildman–Crippen MR) is 68.8 cm³/mol. The fourth-order valence-corrected chi connectivity index (χ4v) is 1.51. The van der Waals surface area contributed by atoms with Gasteiger partial charge in [0.25, 0.3) is 0 Å². The van der Waals surface area contributed by atoms with E-state index in [0.29, 0.717) is 12.5 Å². The lowest BCUT2D eigenvalue weighted by Gasteiger charge is -2.28. The minimum absolute atomic E-state index is 0.364. The molecule has 1 rings (SSSR count). The monoisotopic (exact) mass is 236 g/mol. The maximum absolute atomic E-state index is 11.5. The lowest BCUT2D eigenvalue weighted by molar-refractivity contribution is 0.0500. The van der Waals surface area contributed by atoms with Crippen LogP contribution in [-0.2, 0) is 4.74 Å². The van der Waals surface area contributed by atoms with Crippen molar-refractivity contribution in [3.8, 4) is 0 Å². The Morgan fingerprint density at radius 3 is 2.35 bits per heavy atom. The number of nitrogens with zero attached hydrogens (tertiary/aromatic N) is 1. The van der Waals surface area contributed by atoms with E-state index in [4.69, 9.17) is 10.5 Å². The van der Waals surface area contributed by atoms with Gasteiger partial charge in [-0.15, -0.1) is 0 Å². The first-order valence-electron chi connectivity index (χ1n) is 5.77. The van der Waals surface area contributed by atoms with Gasteiger partial charge >= 0.3 is 6.03 Å². The molecule has 4 nitrogen and oxygen atoms in total. The minimum atomic E-state index is -0.507. The molecule has 1 unspecified atom stereocenters. The zero-order chi connectivity index (χ0) is 12.8. The summed E-state index contributed by atoms with van der Waals surface area (Å²) in [5.41, 5.74) is 6.13. The molecule has 4 heteroatoms. The first-order chi connectivity index (χ1) is 8.02. The maximum Gasteiger partial charge on any atom is 0.321 e. The Hall–Kier alpha value is -1.55. The van der Waals surface area contributed by atoms with Crippen LogP contribution in [0.2, 0.25) is 0 Å². The second-order valence-electron chi connectivity index (χ2n) is 4.37. The summed E-state index contributed by atoms with van der Waals surface area (Å²) in [6.07, 6.45) is -0.364. The van der Waals surface area contributed by atoms with Crippen molar-refractivity contribution in [1.29, 1.82) is 0 Å². The normalized spacial score (nSPS) is 12.5. The maximum atomic E-state index is 11.5. The Morgan fingerprint density at radius 2 is 1.88 bits per heavy atom. The first-order valence-corrected chi connectivity index (χ1v) is 5.77. The molecule has 2 N–H and O–H groups in total. The number of carbonyl (C=O) groups is 1. The standard InChI is InChI=1S/C13H20N2O2/c1-10(2)9-17-11(3)15(13(14)16)12-7-5-4-6-8-12/h4-8,10-11H,9H2,1-3H3,(H2,14,16). The van der Waals surface area contributed by atoms with Gasteiger partial charge in [-0.1, -0.05) is 32.0 Å². The number of carbonyl (C=O) groups excluding carboxylic acids is 1. The van der Waals surface area contributed by atoms with Crippen LogP contribution >= 0.6 is 0 Å². The highest BCUT2D eigenvalue weighted by molar-refractivity contribution is 5.90. The second kappa shape index (κ2) is 6.25. The summed E-state index contributed by atoms with van der Waals surface area (Å²) in [6, 6.07) is 8.77. The van der Waals surface area contributed by atoms with Crippen molar-refractivity contribution in [2.45, 2.75) is 27.0 Å². The molecule has 0 saturated carbocycles. The van der Waals surface area contributed by atoms with Gasteiger partial charge in [-0.05, 0) is 25.0 Å². The zero-order valence-electron chi connectivity index (χ0n) is 10.6. The van der Waals surface area contributed by atoms with Crippen molar-refractivity contribution in [3.63, 3.8) is 0 Å². The van der Waals surface area contributed by atoms with E-state index in [1.54, 1.807) is 0 Å². The Labute approximate surface area is 102 Å². The van der Waals surface area contributed by atoms with E-state index in [9.17, 15) is 4.79 Å². The summed E-state index contributed by atoms with van der Waals surface area (Å²) in [6.45, 7) is 6.53. The molecular weight excluding hydrogens is 216 g/mol. The average Bonchev–Trinajstić information content (AvgIpc) is 2.27. The van der Waals surface area contributed by atoms with Crippen LogP contribution < -0.4 is 10.6 Å². The molecule has 1 atom stereocenters. The Morgan fingerprint density at radius 1 is 1.29 bits per heavy atom. The third-order valence-corrected chi connectivity index (χ3v) is 2.31. The van der Waals surface area contributed by atoms with E-state index in [0.717, 1.165) is 5.69 Å². The third-order valence-electron chi connectivity index (χ3n) is 2.31. The number of para-hydroxylation sites is 1. The molecule has 0 fully saturated rings. The highest BCUT2D eigenvalue weighted by Crippen LogP contribution is 2.17. The smallest absolute Gasteiger partial charge is 0.321 e. The molecule has 17 heavy (non-hydrogen) atoms. The van der Waals surface area contributed by atoms with Crippen LogP contribution in [0.25, 0.3) is 0 Å². The van der Waals surface area contributed by atoms with Crippen molar-refractivity contribution in [1.82, 2.24) is 0 Å². The van der Waals surface area contributed by atoms with Crippen LogP contribution in [-0.4, -0.2) is 18.9 Å². The number of ether oxygens (including phenoxy) is 1. The topological polar surface area (TPSA) is 55.6 Å². The number of hydrogen-bond acceptors (Lipinski definition) is 2. The van der Waals surface area contributed by atoms with Gasteiger partial charge in [-0.25, -0.2) is 4.79 Å². The van der Waals surface area contributed by atoms with Gasteiger partial charge in [0.05, 0.1) is 6.61 Å². The predicted octanol–water partition coefficient (Wildman–Crippen LogP) is 2.59. The van der Waals surface area contributed by atoms with Gasteiger partial charge in [0.1, 0.15) is 6.23 Å². The van der Waals surface area contributed by atoms with Gasteiger partial charge in [0, 0.05) is 5.69 Å². The Kier molecular flexibility index (Phi) is 4.97. The van der Waals surface area contributed by atoms with Crippen LogP contribution in [0.5, 0.6) is 0 Å². The second-order valence-corrected chi connectivity index (χ2v) is 4.37. The molecule has 0 radical (unpaired) electrons. The fourth-order valence-electron chi connectivity index (χ4n) is 1.51. The first kappa shape index (κ1) is 13.5. The number of benzene rings is 1. The number of urea groups is 1. The lowest BCUT2D eigenvalue weighted by Crippen LogP contribution is -2.44. The van der Waals surface area contributed by atoms with Crippen LogP contribution in [0, 0.1) is 5.92 Å². The Balaban J connectivity index is 2.76. The molecule has 0 aliphatic heterocycles. The summed E-state index contributed by atoms with van der Waals surface area (Å²) < 4.78 is 5.61. The summed E-state index contributed by atoms with van der Waals surface area (Å²) in [5, 5.41) is 0. The van der Waals surface area contributed by atoms with E-state index < -0.39 is 6.03 Å². The number of anilines is 1. The molecule has 0 aromatic heterocycles. The van der Waals surface area contributed by atoms with Gasteiger partial charge in [-0.2, -0.15) is 0 Å². The highest BCUT2D eigenvalue weighted by Gasteiger charge is 2.19. The van der Waals surface area contributed by atoms with Gasteiger partial charge in [0.2, 0.25) is 0 Å². The minimum Gasteiger partial charge on any atom is -0.358 e. The molecule has 0 aliphatic carbocycles. The number of nitrogens with two attached hydrogens (primary N) is 1. The summed E-state index contributed by atoms with van der Waals surface area (Å²) in [5.74, 6) is 0.419. The molecule has 2 amide bonds. The quantitative estimate of drug-likeness (QED) is 0.799. The van der Waals surface area contributed by atoms with E-state index in [1.807, 2.05) is 37.3 Å². The summed E-state index contributed by atoms with van der Waals surface area (Å²) >= 11 is 0. The van der Waals surface area contributed by atoms with Crippen molar-refractivity contribution in [3.05, 3.63) is 30.3 Å². The molecule has 0 saturated heterocycles. The van der Waals surface area contributed by atoms with E-state index in [2.05, 4.69) is 13.8 Å². The van der Waals surface area contributed by atoms with Crippen molar-refractivity contribution in [2.24, 2.45) is 11.7 Å². The molecule has 94 valence electrons. The number of hydrogen-bond donors (Lipinski definition) is 1. The molecular formula is C13H20N2O2. The molecule has 0 heterocycles. The lowest BCUT2D eigenvalue weighted by atomic mass is 10.2. The van der Waals surface area contributed by atoms with Crippen molar-refractivity contribution >= 4 is 11.7 Å². The van der Waals surface area contributed by atoms with Crippen LogP contribution in [0.15, 0.2) is 30.3 Å². The van der Waals surface area contributed by atoms with Gasteiger partial charge < -0.3 is 10.5 Å². The SMILES string of the molecule is CC(C)COC(C)N(C(N)=O)c1ccccc1. The molecule has 0 spiro atoms. The van der Waals surface area contributed by atoms with Crippen molar-refractivity contribution in [2.75, 3.05) is 11.5 Å². The number of amides is 2. The molecule has 0 bridgehead atoms. The van der Waals surface area contributed by atoms with Gasteiger partial charge in [-0.3, -0.25) is 4.90 Å². The van der Waals surface area contributed by atoms with Crippen LogP contribution in [0.1, 0.15) is 20.8 Å². The zero-order valence-corrected chi connectivity index (χ0v) is 10.6. The van der Waals surface area contributed by atoms with Crippen molar-refractivity contribution < 1.29 is 9.53 Å². The summed E-state index contributed by atoms with van der Waals surface area (Å²) in [4.78, 5) is 12.9. The number of rotatable bonds is 5. The van der Waals surface area contributed by atoms with Crippen LogP contribution in [0.4, 0.5) is 10.5 Å². The third kappa shape index (κ3) is 4.07.